The average Bonchev–Trinajstić information content (AvgIpc) is 2.58. The summed E-state index contributed by atoms with van der Waals surface area (Å²) in [4.78, 5) is 10.5. The molecule has 0 aliphatic heterocycles. The van der Waals surface area contributed by atoms with Gasteiger partial charge in [0, 0.05) is 6.07 Å². The molecule has 0 aromatic carbocycles. The highest BCUT2D eigenvalue weighted by atomic mass is 16.5. The molecule has 2 aromatic rings. The maximum atomic E-state index is 10.5. The van der Waals surface area contributed by atoms with Gasteiger partial charge in [0.05, 0.1) is 0 Å². The zero-order valence-corrected chi connectivity index (χ0v) is 6.20. The predicted molar refractivity (Wildman–Crippen MR) is 37.4 cm³/mol. The molecule has 0 aliphatic carbocycles. The van der Waals surface area contributed by atoms with E-state index in [0.717, 1.165) is 0 Å². The van der Waals surface area contributed by atoms with Gasteiger partial charge >= 0.3 is 5.76 Å². The summed E-state index contributed by atoms with van der Waals surface area (Å²) in [5.74, 6) is 0.165. The van der Waals surface area contributed by atoms with Crippen LogP contribution in [0.25, 0.3) is 11.6 Å². The van der Waals surface area contributed by atoms with Crippen molar-refractivity contribution in [2.75, 3.05) is 0 Å². The number of H-pyrrole nitrogens is 1. The van der Waals surface area contributed by atoms with Crippen LogP contribution in [-0.2, 0) is 0 Å². The van der Waals surface area contributed by atoms with Gasteiger partial charge < -0.3 is 8.94 Å². The molecule has 0 spiro atoms. The lowest BCUT2D eigenvalue weighted by atomic mass is 10.4. The van der Waals surface area contributed by atoms with Crippen LogP contribution in [0.2, 0.25) is 0 Å². The summed E-state index contributed by atoms with van der Waals surface area (Å²) in [5.41, 5.74) is 0.408. The van der Waals surface area contributed by atoms with E-state index in [1.165, 1.54) is 0 Å². The van der Waals surface area contributed by atoms with Crippen molar-refractivity contribution >= 4 is 0 Å². The number of aromatic amines is 1. The van der Waals surface area contributed by atoms with Crippen LogP contribution in [0.15, 0.2) is 19.8 Å². The third-order valence-electron chi connectivity index (χ3n) is 1.29. The van der Waals surface area contributed by atoms with E-state index in [-0.39, 0.29) is 5.89 Å². The molecule has 62 valence electrons. The fraction of sp³-hybridized carbons (Fsp3) is 0.167. The second kappa shape index (κ2) is 2.33. The van der Waals surface area contributed by atoms with Crippen molar-refractivity contribution < 1.29 is 8.94 Å². The monoisotopic (exact) mass is 167 g/mol. The summed E-state index contributed by atoms with van der Waals surface area (Å²) in [7, 11) is 0. The van der Waals surface area contributed by atoms with E-state index in [2.05, 4.69) is 19.8 Å². The van der Waals surface area contributed by atoms with Crippen LogP contribution in [0.5, 0.6) is 0 Å². The molecule has 6 nitrogen and oxygen atoms in total. The number of nitrogens with zero attached hydrogens (tertiary/aromatic N) is 2. The van der Waals surface area contributed by atoms with Crippen LogP contribution < -0.4 is 5.76 Å². The molecule has 0 fully saturated rings. The number of aryl methyl sites for hydroxylation is 1. The molecule has 2 aromatic heterocycles. The van der Waals surface area contributed by atoms with Crippen molar-refractivity contribution in [3.8, 4) is 11.6 Å². The Morgan fingerprint density at radius 3 is 2.92 bits per heavy atom. The molecule has 0 amide bonds. The average molecular weight is 167 g/mol. The Bertz CT molecular complexity index is 439. The summed E-state index contributed by atoms with van der Waals surface area (Å²) in [6.45, 7) is 1.74. The first-order valence-electron chi connectivity index (χ1n) is 3.25. The van der Waals surface area contributed by atoms with E-state index in [0.29, 0.717) is 11.5 Å². The normalized spacial score (nSPS) is 10.4. The van der Waals surface area contributed by atoms with Crippen LogP contribution >= 0.6 is 0 Å². The lowest BCUT2D eigenvalue weighted by Gasteiger charge is -1.78. The van der Waals surface area contributed by atoms with Gasteiger partial charge in [-0.2, -0.15) is 0 Å². The molecule has 1 N–H and O–H groups in total. The molecule has 0 radical (unpaired) electrons. The first kappa shape index (κ1) is 6.84. The molecule has 0 saturated heterocycles. The molecule has 2 heterocycles. The van der Waals surface area contributed by atoms with E-state index in [9.17, 15) is 4.79 Å². The lowest BCUT2D eigenvalue weighted by molar-refractivity contribution is 0.396. The number of hydrogen-bond donors (Lipinski definition) is 1. The Balaban J connectivity index is 2.50. The molecule has 12 heavy (non-hydrogen) atoms. The largest absolute Gasteiger partial charge is 0.434 e. The van der Waals surface area contributed by atoms with Gasteiger partial charge in [0.1, 0.15) is 5.76 Å². The van der Waals surface area contributed by atoms with Gasteiger partial charge in [-0.1, -0.05) is 5.16 Å². The van der Waals surface area contributed by atoms with Gasteiger partial charge in [0.2, 0.25) is 0 Å². The highest BCUT2D eigenvalue weighted by Crippen LogP contribution is 2.13. The molecule has 0 unspecified atom stereocenters. The molecule has 0 aliphatic rings. The third kappa shape index (κ3) is 1.03. The Labute approximate surface area is 66.2 Å². The van der Waals surface area contributed by atoms with Crippen molar-refractivity contribution in [1.29, 1.82) is 0 Å². The van der Waals surface area contributed by atoms with Gasteiger partial charge in [-0.05, 0) is 6.92 Å². The van der Waals surface area contributed by atoms with Crippen molar-refractivity contribution in [1.82, 2.24) is 15.4 Å². The van der Waals surface area contributed by atoms with E-state index in [1.807, 2.05) is 0 Å². The topological polar surface area (TPSA) is 84.9 Å². The molecule has 2 rings (SSSR count). The fourth-order valence-corrected chi connectivity index (χ4v) is 0.807. The van der Waals surface area contributed by atoms with Crippen molar-refractivity contribution in [2.24, 2.45) is 0 Å². The number of nitrogens with one attached hydrogen (secondary N) is 1. The molecular weight excluding hydrogens is 162 g/mol. The highest BCUT2D eigenvalue weighted by Gasteiger charge is 2.09. The molecular formula is C6H5N3O3. The number of hydrogen-bond acceptors (Lipinski definition) is 5. The summed E-state index contributed by atoms with van der Waals surface area (Å²) in [6, 6.07) is 1.62. The maximum absolute atomic E-state index is 10.5. The van der Waals surface area contributed by atoms with Crippen LogP contribution in [0.4, 0.5) is 0 Å². The van der Waals surface area contributed by atoms with Gasteiger partial charge in [0.25, 0.3) is 5.89 Å². The van der Waals surface area contributed by atoms with Crippen molar-refractivity contribution in [2.45, 2.75) is 6.92 Å². The quantitative estimate of drug-likeness (QED) is 0.661. The van der Waals surface area contributed by atoms with Gasteiger partial charge in [-0.25, -0.2) is 9.89 Å². The van der Waals surface area contributed by atoms with E-state index < -0.39 is 5.76 Å². The highest BCUT2D eigenvalue weighted by molar-refractivity contribution is 5.44. The van der Waals surface area contributed by atoms with Crippen LogP contribution in [0, 0.1) is 6.92 Å². The van der Waals surface area contributed by atoms with Gasteiger partial charge in [-0.3, -0.25) is 0 Å². The Morgan fingerprint density at radius 1 is 1.58 bits per heavy atom. The lowest BCUT2D eigenvalue weighted by Crippen LogP contribution is -1.93. The number of aromatic nitrogens is 3. The van der Waals surface area contributed by atoms with Crippen LogP contribution in [-0.4, -0.2) is 15.4 Å². The summed E-state index contributed by atoms with van der Waals surface area (Å²) >= 11 is 0. The van der Waals surface area contributed by atoms with Crippen molar-refractivity contribution in [3.05, 3.63) is 22.4 Å². The third-order valence-corrected chi connectivity index (χ3v) is 1.29. The molecule has 6 heteroatoms. The zero-order valence-electron chi connectivity index (χ0n) is 6.20. The number of rotatable bonds is 1. The van der Waals surface area contributed by atoms with Gasteiger partial charge in [0.15, 0.2) is 5.69 Å². The first-order chi connectivity index (χ1) is 5.75. The maximum Gasteiger partial charge on any atom is 0.434 e. The fourth-order valence-electron chi connectivity index (χ4n) is 0.807. The minimum atomic E-state index is -0.606. The Morgan fingerprint density at radius 2 is 2.42 bits per heavy atom. The predicted octanol–water partition coefficient (Wildman–Crippen LogP) is 0.326. The summed E-state index contributed by atoms with van der Waals surface area (Å²) in [5, 5.41) is 9.30. The SMILES string of the molecule is Cc1cc(-c2n[nH]c(=O)o2)no1. The molecule has 0 atom stereocenters. The van der Waals surface area contributed by atoms with Gasteiger partial charge in [-0.15, -0.1) is 5.10 Å². The Kier molecular flexibility index (Phi) is 1.33. The second-order valence-corrected chi connectivity index (χ2v) is 2.24. The molecule has 0 bridgehead atoms. The standard InChI is InChI=1S/C6H5N3O3/c1-3-2-4(9-12-3)5-7-8-6(10)11-5/h2H,1H3,(H,8,10). The smallest absolute Gasteiger partial charge is 0.386 e. The first-order valence-corrected chi connectivity index (χ1v) is 3.25. The minimum Gasteiger partial charge on any atom is -0.386 e. The van der Waals surface area contributed by atoms with E-state index in [4.69, 9.17) is 4.52 Å². The summed E-state index contributed by atoms with van der Waals surface area (Å²) in [6.07, 6.45) is 0. The second-order valence-electron chi connectivity index (χ2n) is 2.24. The Hall–Kier alpha value is -1.85. The van der Waals surface area contributed by atoms with E-state index >= 15 is 0 Å². The summed E-state index contributed by atoms with van der Waals surface area (Å²) < 4.78 is 9.40. The minimum absolute atomic E-state index is 0.136. The zero-order chi connectivity index (χ0) is 8.55. The van der Waals surface area contributed by atoms with E-state index in [1.54, 1.807) is 13.0 Å². The van der Waals surface area contributed by atoms with Crippen LogP contribution in [0.3, 0.4) is 0 Å². The molecule has 0 saturated carbocycles. The van der Waals surface area contributed by atoms with Crippen molar-refractivity contribution in [3.63, 3.8) is 0 Å². The van der Waals surface area contributed by atoms with Crippen LogP contribution in [0.1, 0.15) is 5.76 Å².